The van der Waals surface area contributed by atoms with E-state index in [0.717, 1.165) is 11.3 Å². The minimum Gasteiger partial charge on any atom is -0.312 e. The van der Waals surface area contributed by atoms with Crippen LogP contribution < -0.4 is 5.32 Å². The van der Waals surface area contributed by atoms with Crippen molar-refractivity contribution in [2.75, 3.05) is 7.05 Å². The summed E-state index contributed by atoms with van der Waals surface area (Å²) >= 11 is 0. The Morgan fingerprint density at radius 2 is 1.67 bits per heavy atom. The third kappa shape index (κ3) is 5.08. The molecule has 0 aliphatic carbocycles. The van der Waals surface area contributed by atoms with Crippen LogP contribution in [-0.2, 0) is 0 Å². The van der Waals surface area contributed by atoms with Crippen molar-refractivity contribution in [3.05, 3.63) is 59.2 Å². The Kier molecular flexibility index (Phi) is 6.69. The Balaban J connectivity index is 0.000000211. The molecule has 4 nitrogen and oxygen atoms in total. The van der Waals surface area contributed by atoms with E-state index in [1.54, 1.807) is 6.20 Å². The monoisotopic (exact) mass is 285 g/mol. The average molecular weight is 285 g/mol. The Morgan fingerprint density at radius 1 is 1.10 bits per heavy atom. The molecule has 0 spiro atoms. The highest BCUT2D eigenvalue weighted by Gasteiger charge is 2.05. The van der Waals surface area contributed by atoms with Crippen molar-refractivity contribution in [3.63, 3.8) is 0 Å². The summed E-state index contributed by atoms with van der Waals surface area (Å²) in [4.78, 5) is 19.0. The molecule has 1 unspecified atom stereocenters. The number of nitrogens with zero attached hydrogens (tertiary/aromatic N) is 2. The average Bonchev–Trinajstić information content (AvgIpc) is 2.48. The number of hydrogen-bond acceptors (Lipinski definition) is 4. The van der Waals surface area contributed by atoms with Crippen LogP contribution in [0.3, 0.4) is 0 Å². The number of hydrogen-bond donors (Lipinski definition) is 1. The first kappa shape index (κ1) is 17.0. The predicted octanol–water partition coefficient (Wildman–Crippen LogP) is 3.26. The van der Waals surface area contributed by atoms with Gasteiger partial charge in [-0.2, -0.15) is 0 Å². The normalized spacial score (nSPS) is 11.3. The summed E-state index contributed by atoms with van der Waals surface area (Å²) in [6.07, 6.45) is 3.46. The molecule has 0 radical (unpaired) electrons. The molecular weight excluding hydrogens is 262 g/mol. The van der Waals surface area contributed by atoms with Crippen molar-refractivity contribution in [3.8, 4) is 0 Å². The molecule has 4 heteroatoms. The summed E-state index contributed by atoms with van der Waals surface area (Å²) < 4.78 is 0. The minimum absolute atomic E-state index is 0.0260. The fourth-order valence-electron chi connectivity index (χ4n) is 1.94. The van der Waals surface area contributed by atoms with Crippen LogP contribution in [0.1, 0.15) is 47.2 Å². The molecule has 2 rings (SSSR count). The summed E-state index contributed by atoms with van der Waals surface area (Å²) in [7, 11) is 1.94. The third-order valence-electron chi connectivity index (χ3n) is 3.24. The maximum atomic E-state index is 10.8. The van der Waals surface area contributed by atoms with E-state index in [0.29, 0.717) is 11.7 Å². The fourth-order valence-corrected chi connectivity index (χ4v) is 1.94. The highest BCUT2D eigenvalue weighted by Crippen LogP contribution is 2.12. The number of pyridine rings is 2. The van der Waals surface area contributed by atoms with Crippen LogP contribution in [0.2, 0.25) is 0 Å². The molecule has 0 amide bonds. The molecule has 1 atom stereocenters. The fraction of sp³-hybridized carbons (Fsp3) is 0.353. The molecule has 0 bridgehead atoms. The number of aryl methyl sites for hydroxylation is 2. The maximum absolute atomic E-state index is 10.8. The van der Waals surface area contributed by atoms with Gasteiger partial charge in [-0.1, -0.05) is 12.1 Å². The highest BCUT2D eigenvalue weighted by molar-refractivity contribution is 5.93. The van der Waals surface area contributed by atoms with E-state index < -0.39 is 0 Å². The van der Waals surface area contributed by atoms with Gasteiger partial charge >= 0.3 is 0 Å². The first-order valence-electron chi connectivity index (χ1n) is 6.98. The second-order valence-electron chi connectivity index (χ2n) is 4.94. The van der Waals surface area contributed by atoms with E-state index in [2.05, 4.69) is 35.2 Å². The van der Waals surface area contributed by atoms with Crippen molar-refractivity contribution in [1.82, 2.24) is 15.3 Å². The summed E-state index contributed by atoms with van der Waals surface area (Å²) in [6, 6.07) is 8.08. The van der Waals surface area contributed by atoms with Gasteiger partial charge in [0.05, 0.1) is 5.69 Å². The molecule has 2 aromatic rings. The van der Waals surface area contributed by atoms with Gasteiger partial charge in [0, 0.05) is 25.4 Å². The van der Waals surface area contributed by atoms with E-state index in [1.165, 1.54) is 12.5 Å². The quantitative estimate of drug-likeness (QED) is 0.879. The number of carbonyl (C=O) groups is 1. The summed E-state index contributed by atoms with van der Waals surface area (Å²) in [5.41, 5.74) is 3.89. The zero-order valence-corrected chi connectivity index (χ0v) is 13.3. The number of carbonyl (C=O) groups excluding carboxylic acids is 1. The lowest BCUT2D eigenvalue weighted by Crippen LogP contribution is -2.14. The molecule has 0 aliphatic rings. The Morgan fingerprint density at radius 3 is 2.10 bits per heavy atom. The molecule has 0 saturated carbocycles. The first-order valence-corrected chi connectivity index (χ1v) is 6.98. The lowest BCUT2D eigenvalue weighted by atomic mass is 10.1. The number of Topliss-reactive ketones (excluding diaryl/α,β-unsaturated/α-hetero) is 1. The summed E-state index contributed by atoms with van der Waals surface area (Å²) in [5, 5.41) is 3.16. The lowest BCUT2D eigenvalue weighted by Gasteiger charge is -2.11. The second kappa shape index (κ2) is 8.27. The molecule has 0 aliphatic heterocycles. The number of ketones is 1. The molecular formula is C17H23N3O. The van der Waals surface area contributed by atoms with Crippen LogP contribution in [0.25, 0.3) is 0 Å². The Bertz CT molecular complexity index is 596. The summed E-state index contributed by atoms with van der Waals surface area (Å²) in [5.74, 6) is 0.0260. The van der Waals surface area contributed by atoms with Gasteiger partial charge in [-0.3, -0.25) is 14.8 Å². The maximum Gasteiger partial charge on any atom is 0.178 e. The Hall–Kier alpha value is -2.07. The largest absolute Gasteiger partial charge is 0.312 e. The summed E-state index contributed by atoms with van der Waals surface area (Å²) in [6.45, 7) is 7.59. The molecule has 2 aromatic heterocycles. The van der Waals surface area contributed by atoms with Crippen LogP contribution in [-0.4, -0.2) is 22.8 Å². The predicted molar refractivity (Wildman–Crippen MR) is 85.4 cm³/mol. The topological polar surface area (TPSA) is 54.9 Å². The van der Waals surface area contributed by atoms with E-state index in [9.17, 15) is 4.79 Å². The Labute approximate surface area is 126 Å². The van der Waals surface area contributed by atoms with Gasteiger partial charge in [-0.15, -0.1) is 0 Å². The van der Waals surface area contributed by atoms with E-state index in [1.807, 2.05) is 38.4 Å². The molecule has 112 valence electrons. The van der Waals surface area contributed by atoms with Gasteiger partial charge in [0.15, 0.2) is 5.78 Å². The molecule has 1 N–H and O–H groups in total. The smallest absolute Gasteiger partial charge is 0.178 e. The van der Waals surface area contributed by atoms with Crippen LogP contribution in [0.15, 0.2) is 36.7 Å². The van der Waals surface area contributed by atoms with E-state index in [-0.39, 0.29) is 5.78 Å². The molecule has 0 saturated heterocycles. The minimum atomic E-state index is 0.0260. The van der Waals surface area contributed by atoms with Crippen molar-refractivity contribution in [2.45, 2.75) is 33.7 Å². The van der Waals surface area contributed by atoms with Crippen molar-refractivity contribution in [1.29, 1.82) is 0 Å². The van der Waals surface area contributed by atoms with Crippen LogP contribution in [0, 0.1) is 13.8 Å². The zero-order valence-electron chi connectivity index (χ0n) is 13.3. The molecule has 21 heavy (non-hydrogen) atoms. The standard InChI is InChI=1S/C9H14N2.C8H9NO/c1-7-5-4-6-11-9(7)8(2)10-3;1-6-4-3-5-9-8(6)7(2)10/h4-6,8,10H,1-3H3;3-5H,1-2H3. The zero-order chi connectivity index (χ0) is 15.8. The van der Waals surface area contributed by atoms with Gasteiger partial charge in [0.2, 0.25) is 0 Å². The van der Waals surface area contributed by atoms with Gasteiger partial charge in [0.1, 0.15) is 5.69 Å². The molecule has 0 aromatic carbocycles. The highest BCUT2D eigenvalue weighted by atomic mass is 16.1. The van der Waals surface area contributed by atoms with Gasteiger partial charge in [-0.05, 0) is 51.1 Å². The SMILES string of the molecule is CC(=O)c1ncccc1C.CNC(C)c1ncccc1C. The first-order chi connectivity index (χ1) is 9.97. The molecule has 2 heterocycles. The van der Waals surface area contributed by atoms with Gasteiger partial charge in [-0.25, -0.2) is 0 Å². The number of rotatable bonds is 3. The van der Waals surface area contributed by atoms with Crippen molar-refractivity contribution < 1.29 is 4.79 Å². The van der Waals surface area contributed by atoms with E-state index in [4.69, 9.17) is 0 Å². The van der Waals surface area contributed by atoms with Crippen LogP contribution >= 0.6 is 0 Å². The van der Waals surface area contributed by atoms with Crippen LogP contribution in [0.4, 0.5) is 0 Å². The van der Waals surface area contributed by atoms with Gasteiger partial charge in [0.25, 0.3) is 0 Å². The lowest BCUT2D eigenvalue weighted by molar-refractivity contribution is 0.101. The number of nitrogens with one attached hydrogen (secondary N) is 1. The number of aromatic nitrogens is 2. The van der Waals surface area contributed by atoms with Gasteiger partial charge < -0.3 is 5.32 Å². The second-order valence-corrected chi connectivity index (χ2v) is 4.94. The van der Waals surface area contributed by atoms with Crippen LogP contribution in [0.5, 0.6) is 0 Å². The third-order valence-corrected chi connectivity index (χ3v) is 3.24. The van der Waals surface area contributed by atoms with Crippen molar-refractivity contribution >= 4 is 5.78 Å². The van der Waals surface area contributed by atoms with E-state index >= 15 is 0 Å². The molecule has 0 fully saturated rings. The van der Waals surface area contributed by atoms with Crippen molar-refractivity contribution in [2.24, 2.45) is 0 Å².